The number of methoxy groups -OCH3 is 1. The van der Waals surface area contributed by atoms with Crippen LogP contribution in [0.25, 0.3) is 11.5 Å². The minimum atomic E-state index is -3.72. The molecule has 1 amide bonds. The quantitative estimate of drug-likeness (QED) is 0.503. The van der Waals surface area contributed by atoms with Gasteiger partial charge in [0.25, 0.3) is 0 Å². The highest BCUT2D eigenvalue weighted by Crippen LogP contribution is 2.27. The maximum Gasteiger partial charge on any atom is 0.322 e. The molecule has 1 aliphatic heterocycles. The molecule has 1 N–H and O–H groups in total. The first-order valence-electron chi connectivity index (χ1n) is 10.3. The fraction of sp³-hybridized carbons (Fsp3) is 0.318. The van der Waals surface area contributed by atoms with Crippen molar-refractivity contribution >= 4 is 33.7 Å². The zero-order chi connectivity index (χ0) is 23.4. The first-order chi connectivity index (χ1) is 15.9. The highest BCUT2D eigenvalue weighted by molar-refractivity contribution is 7.98. The van der Waals surface area contributed by atoms with Crippen molar-refractivity contribution in [2.24, 2.45) is 5.92 Å². The number of benzene rings is 2. The number of nitrogens with one attached hydrogen (secondary N) is 1. The molecule has 0 bridgehead atoms. The van der Waals surface area contributed by atoms with E-state index in [9.17, 15) is 13.2 Å². The van der Waals surface area contributed by atoms with Gasteiger partial charge in [-0.25, -0.2) is 8.42 Å². The van der Waals surface area contributed by atoms with E-state index in [-0.39, 0.29) is 23.4 Å². The summed E-state index contributed by atoms with van der Waals surface area (Å²) >= 11 is 1.60. The summed E-state index contributed by atoms with van der Waals surface area (Å²) in [7, 11) is -2.20. The second-order valence-electron chi connectivity index (χ2n) is 7.51. The number of aromatic nitrogens is 2. The fourth-order valence-electron chi connectivity index (χ4n) is 3.63. The van der Waals surface area contributed by atoms with Crippen LogP contribution in [0.5, 0.6) is 5.75 Å². The van der Waals surface area contributed by atoms with E-state index in [0.29, 0.717) is 31.0 Å². The lowest BCUT2D eigenvalue weighted by Crippen LogP contribution is -2.43. The molecular formula is C22H24N4O5S2. The summed E-state index contributed by atoms with van der Waals surface area (Å²) in [5.74, 6) is -0.00265. The number of ether oxygens (including phenoxy) is 1. The third kappa shape index (κ3) is 5.21. The number of piperidine rings is 1. The number of thioether (sulfide) groups is 1. The van der Waals surface area contributed by atoms with E-state index in [0.717, 1.165) is 10.5 Å². The molecular weight excluding hydrogens is 464 g/mol. The Balaban J connectivity index is 1.43. The van der Waals surface area contributed by atoms with Gasteiger partial charge in [0.15, 0.2) is 0 Å². The van der Waals surface area contributed by atoms with Gasteiger partial charge in [0.1, 0.15) is 5.75 Å². The van der Waals surface area contributed by atoms with Crippen LogP contribution >= 0.6 is 11.8 Å². The SMILES string of the molecule is COc1ccc(S(=O)(=O)N2CCCC(C(=O)Nc3nnc(-c4cccc(SC)c4)o3)C2)cc1. The number of hydrogen-bond acceptors (Lipinski definition) is 8. The molecule has 11 heteroatoms. The van der Waals surface area contributed by atoms with Crippen molar-refractivity contribution in [2.45, 2.75) is 22.6 Å². The van der Waals surface area contributed by atoms with Crippen LogP contribution in [0.2, 0.25) is 0 Å². The lowest BCUT2D eigenvalue weighted by atomic mass is 9.99. The first kappa shape index (κ1) is 23.3. The van der Waals surface area contributed by atoms with E-state index in [2.05, 4.69) is 15.5 Å². The Labute approximate surface area is 196 Å². The molecule has 2 heterocycles. The van der Waals surface area contributed by atoms with Crippen LogP contribution in [-0.2, 0) is 14.8 Å². The number of amides is 1. The Morgan fingerprint density at radius 2 is 2.00 bits per heavy atom. The van der Waals surface area contributed by atoms with E-state index >= 15 is 0 Å². The van der Waals surface area contributed by atoms with Gasteiger partial charge in [0, 0.05) is 23.5 Å². The zero-order valence-corrected chi connectivity index (χ0v) is 19.9. The van der Waals surface area contributed by atoms with Gasteiger partial charge in [-0.2, -0.15) is 4.31 Å². The molecule has 33 heavy (non-hydrogen) atoms. The van der Waals surface area contributed by atoms with E-state index in [4.69, 9.17) is 9.15 Å². The number of nitrogens with zero attached hydrogens (tertiary/aromatic N) is 3. The number of rotatable bonds is 7. The Kier molecular flexibility index (Phi) is 7.01. The molecule has 0 saturated carbocycles. The van der Waals surface area contributed by atoms with Crippen LogP contribution in [0.3, 0.4) is 0 Å². The second-order valence-corrected chi connectivity index (χ2v) is 10.3. The van der Waals surface area contributed by atoms with Crippen molar-refractivity contribution in [3.05, 3.63) is 48.5 Å². The monoisotopic (exact) mass is 488 g/mol. The van der Waals surface area contributed by atoms with Gasteiger partial charge >= 0.3 is 6.01 Å². The van der Waals surface area contributed by atoms with Crippen molar-refractivity contribution in [3.8, 4) is 17.2 Å². The molecule has 1 aromatic heterocycles. The van der Waals surface area contributed by atoms with Gasteiger partial charge in [0.05, 0.1) is 17.9 Å². The largest absolute Gasteiger partial charge is 0.497 e. The summed E-state index contributed by atoms with van der Waals surface area (Å²) in [6.07, 6.45) is 3.11. The lowest BCUT2D eigenvalue weighted by molar-refractivity contribution is -0.121. The van der Waals surface area contributed by atoms with E-state index in [1.165, 1.54) is 23.5 Å². The minimum absolute atomic E-state index is 0.0142. The second kappa shape index (κ2) is 9.94. The highest BCUT2D eigenvalue weighted by Gasteiger charge is 2.34. The highest BCUT2D eigenvalue weighted by atomic mass is 32.2. The standard InChI is InChI=1S/C22H24N4O5S2/c1-30-17-8-10-19(11-9-17)33(28,29)26-12-4-6-16(14-26)20(27)23-22-25-24-21(31-22)15-5-3-7-18(13-15)32-2/h3,5,7-11,13,16H,4,6,12,14H2,1-2H3,(H,23,25,27). The molecule has 9 nitrogen and oxygen atoms in total. The predicted molar refractivity (Wildman–Crippen MR) is 125 cm³/mol. The molecule has 2 aromatic carbocycles. The predicted octanol–water partition coefficient (Wildman–Crippen LogP) is 3.51. The molecule has 174 valence electrons. The van der Waals surface area contributed by atoms with Crippen LogP contribution in [0.1, 0.15) is 12.8 Å². The van der Waals surface area contributed by atoms with Gasteiger partial charge in [-0.3, -0.25) is 10.1 Å². The number of anilines is 1. The molecule has 0 radical (unpaired) electrons. The van der Waals surface area contributed by atoms with Gasteiger partial charge in [-0.1, -0.05) is 11.2 Å². The molecule has 1 unspecified atom stereocenters. The average Bonchev–Trinajstić information content (AvgIpc) is 3.32. The van der Waals surface area contributed by atoms with Crippen LogP contribution in [0.15, 0.2) is 62.7 Å². The first-order valence-corrected chi connectivity index (χ1v) is 13.0. The molecule has 1 atom stereocenters. The summed E-state index contributed by atoms with van der Waals surface area (Å²) in [5.41, 5.74) is 0.754. The van der Waals surface area contributed by atoms with Gasteiger partial charge in [-0.05, 0) is 61.6 Å². The number of hydrogen-bond donors (Lipinski definition) is 1. The Bertz CT molecular complexity index is 1230. The molecule has 3 aromatic rings. The number of carbonyl (C=O) groups excluding carboxylic acids is 1. The number of sulfonamides is 1. The normalized spacial score (nSPS) is 17.0. The molecule has 0 spiro atoms. The summed E-state index contributed by atoms with van der Waals surface area (Å²) in [5, 5.41) is 10.6. The van der Waals surface area contributed by atoms with Crippen molar-refractivity contribution in [1.82, 2.24) is 14.5 Å². The summed E-state index contributed by atoms with van der Waals surface area (Å²) in [6, 6.07) is 13.8. The zero-order valence-electron chi connectivity index (χ0n) is 18.2. The molecule has 4 rings (SSSR count). The maximum absolute atomic E-state index is 13.0. The Hall–Kier alpha value is -2.89. The minimum Gasteiger partial charge on any atom is -0.497 e. The smallest absolute Gasteiger partial charge is 0.322 e. The van der Waals surface area contributed by atoms with E-state index in [1.54, 1.807) is 23.9 Å². The fourth-order valence-corrected chi connectivity index (χ4v) is 5.61. The van der Waals surface area contributed by atoms with Gasteiger partial charge in [0.2, 0.25) is 21.8 Å². The van der Waals surface area contributed by atoms with E-state index < -0.39 is 15.9 Å². The van der Waals surface area contributed by atoms with Crippen molar-refractivity contribution in [2.75, 3.05) is 31.8 Å². The van der Waals surface area contributed by atoms with Crippen LogP contribution in [0.4, 0.5) is 6.01 Å². The maximum atomic E-state index is 13.0. The third-order valence-corrected chi connectivity index (χ3v) is 8.03. The van der Waals surface area contributed by atoms with Crippen LogP contribution in [-0.4, -0.2) is 55.3 Å². The molecule has 1 saturated heterocycles. The van der Waals surface area contributed by atoms with Crippen LogP contribution in [0, 0.1) is 5.92 Å². The average molecular weight is 489 g/mol. The number of carbonyl (C=O) groups is 1. The third-order valence-electron chi connectivity index (χ3n) is 5.42. The van der Waals surface area contributed by atoms with E-state index in [1.807, 2.05) is 30.5 Å². The molecule has 1 aliphatic rings. The van der Waals surface area contributed by atoms with Crippen LogP contribution < -0.4 is 10.1 Å². The van der Waals surface area contributed by atoms with Gasteiger partial charge in [-0.15, -0.1) is 16.9 Å². The Morgan fingerprint density at radius 1 is 1.21 bits per heavy atom. The summed E-state index contributed by atoms with van der Waals surface area (Å²) in [6.45, 7) is 0.436. The Morgan fingerprint density at radius 3 is 2.73 bits per heavy atom. The molecule has 1 fully saturated rings. The van der Waals surface area contributed by atoms with Gasteiger partial charge < -0.3 is 9.15 Å². The van der Waals surface area contributed by atoms with Crippen molar-refractivity contribution in [1.29, 1.82) is 0 Å². The van der Waals surface area contributed by atoms with Crippen molar-refractivity contribution < 1.29 is 22.4 Å². The molecule has 0 aliphatic carbocycles. The van der Waals surface area contributed by atoms with Crippen molar-refractivity contribution in [3.63, 3.8) is 0 Å². The topological polar surface area (TPSA) is 115 Å². The lowest BCUT2D eigenvalue weighted by Gasteiger charge is -2.30. The summed E-state index contributed by atoms with van der Waals surface area (Å²) < 4.78 is 38.1. The summed E-state index contributed by atoms with van der Waals surface area (Å²) in [4.78, 5) is 14.0.